The molecule has 4 N–H and O–H groups in total. The fourth-order valence-electron chi connectivity index (χ4n) is 1.02. The molecule has 4 nitrogen and oxygen atoms in total. The van der Waals surface area contributed by atoms with E-state index in [4.69, 9.17) is 16.2 Å². The van der Waals surface area contributed by atoms with E-state index in [1.807, 2.05) is 0 Å². The average molecular weight is 259 g/mol. The van der Waals surface area contributed by atoms with E-state index >= 15 is 0 Å². The lowest BCUT2D eigenvalue weighted by molar-refractivity contribution is 0.0526. The molecule has 0 spiro atoms. The number of carbonyl (C=O) groups excluding carboxylic acids is 1. The van der Waals surface area contributed by atoms with Gasteiger partial charge in [0, 0.05) is 11.4 Å². The topological polar surface area (TPSA) is 78.3 Å². The molecular formula is C9H11BrN2O2. The van der Waals surface area contributed by atoms with E-state index < -0.39 is 5.97 Å². The van der Waals surface area contributed by atoms with Crippen molar-refractivity contribution in [2.75, 3.05) is 18.1 Å². The Morgan fingerprint density at radius 3 is 2.57 bits per heavy atom. The number of esters is 1. The van der Waals surface area contributed by atoms with E-state index in [1.165, 1.54) is 0 Å². The third-order valence-electron chi connectivity index (χ3n) is 1.68. The first kappa shape index (κ1) is 10.8. The number of rotatable bonds is 2. The summed E-state index contributed by atoms with van der Waals surface area (Å²) in [5.41, 5.74) is 12.3. The highest BCUT2D eigenvalue weighted by Crippen LogP contribution is 2.29. The summed E-state index contributed by atoms with van der Waals surface area (Å²) in [6.45, 7) is 2.04. The molecule has 1 aromatic rings. The van der Waals surface area contributed by atoms with E-state index in [0.29, 0.717) is 22.5 Å². The Labute approximate surface area is 90.3 Å². The van der Waals surface area contributed by atoms with Crippen LogP contribution in [0, 0.1) is 0 Å². The number of hydrogen-bond donors (Lipinski definition) is 2. The molecule has 0 saturated heterocycles. The van der Waals surface area contributed by atoms with Crippen molar-refractivity contribution in [3.8, 4) is 0 Å². The van der Waals surface area contributed by atoms with Crippen LogP contribution in [0.3, 0.4) is 0 Å². The number of nitrogens with two attached hydrogens (primary N) is 2. The highest BCUT2D eigenvalue weighted by atomic mass is 79.9. The maximum atomic E-state index is 11.5. The van der Waals surface area contributed by atoms with E-state index in [2.05, 4.69) is 15.9 Å². The van der Waals surface area contributed by atoms with E-state index in [0.717, 1.165) is 0 Å². The summed E-state index contributed by atoms with van der Waals surface area (Å²) in [6, 6.07) is 3.20. The van der Waals surface area contributed by atoms with Crippen molar-refractivity contribution < 1.29 is 9.53 Å². The molecule has 5 heteroatoms. The predicted molar refractivity (Wildman–Crippen MR) is 58.9 cm³/mol. The SMILES string of the molecule is CCOC(=O)c1c(N)ccc(N)c1Br. The fraction of sp³-hybridized carbons (Fsp3) is 0.222. The van der Waals surface area contributed by atoms with Crippen LogP contribution in [0.5, 0.6) is 0 Å². The molecule has 0 aromatic heterocycles. The second-order valence-electron chi connectivity index (χ2n) is 2.65. The molecule has 1 aromatic carbocycles. The zero-order chi connectivity index (χ0) is 10.7. The first-order valence-electron chi connectivity index (χ1n) is 4.08. The van der Waals surface area contributed by atoms with Crippen LogP contribution in [0.1, 0.15) is 17.3 Å². The molecule has 1 rings (SSSR count). The van der Waals surface area contributed by atoms with E-state index in [-0.39, 0.29) is 5.56 Å². The Hall–Kier alpha value is -1.23. The van der Waals surface area contributed by atoms with Gasteiger partial charge in [-0.1, -0.05) is 0 Å². The first-order chi connectivity index (χ1) is 6.57. The summed E-state index contributed by atoms with van der Waals surface area (Å²) in [5, 5.41) is 0. The van der Waals surface area contributed by atoms with Crippen molar-refractivity contribution in [2.24, 2.45) is 0 Å². The van der Waals surface area contributed by atoms with Gasteiger partial charge in [-0.2, -0.15) is 0 Å². The molecule has 0 fully saturated rings. The first-order valence-corrected chi connectivity index (χ1v) is 4.87. The van der Waals surface area contributed by atoms with Crippen LogP contribution in [-0.2, 0) is 4.74 Å². The number of carbonyl (C=O) groups is 1. The average Bonchev–Trinajstić information content (AvgIpc) is 2.13. The van der Waals surface area contributed by atoms with Gasteiger partial charge in [-0.05, 0) is 35.0 Å². The van der Waals surface area contributed by atoms with Gasteiger partial charge in [0.15, 0.2) is 0 Å². The molecule has 0 unspecified atom stereocenters. The molecule has 0 atom stereocenters. The van der Waals surface area contributed by atoms with Crippen molar-refractivity contribution in [3.63, 3.8) is 0 Å². The van der Waals surface area contributed by atoms with Crippen LogP contribution in [0.4, 0.5) is 11.4 Å². The van der Waals surface area contributed by atoms with Gasteiger partial charge >= 0.3 is 5.97 Å². The Morgan fingerprint density at radius 1 is 1.43 bits per heavy atom. The van der Waals surface area contributed by atoms with Crippen LogP contribution < -0.4 is 11.5 Å². The lowest BCUT2D eigenvalue weighted by Gasteiger charge is -2.08. The minimum atomic E-state index is -0.468. The molecule has 0 aliphatic heterocycles. The van der Waals surface area contributed by atoms with E-state index in [9.17, 15) is 4.79 Å². The lowest BCUT2D eigenvalue weighted by atomic mass is 10.1. The van der Waals surface area contributed by atoms with Gasteiger partial charge in [0.05, 0.1) is 16.6 Å². The molecule has 0 aliphatic carbocycles. The molecular weight excluding hydrogens is 248 g/mol. The van der Waals surface area contributed by atoms with Gasteiger partial charge in [0.1, 0.15) is 0 Å². The maximum absolute atomic E-state index is 11.5. The molecule has 0 heterocycles. The summed E-state index contributed by atoms with van der Waals surface area (Å²) >= 11 is 3.20. The normalized spacial score (nSPS) is 9.86. The molecule has 0 radical (unpaired) electrons. The van der Waals surface area contributed by atoms with Crippen molar-refractivity contribution in [1.29, 1.82) is 0 Å². The van der Waals surface area contributed by atoms with Crippen molar-refractivity contribution in [1.82, 2.24) is 0 Å². The summed E-state index contributed by atoms with van der Waals surface area (Å²) in [5.74, 6) is -0.468. The number of hydrogen-bond acceptors (Lipinski definition) is 4. The zero-order valence-electron chi connectivity index (χ0n) is 7.71. The lowest BCUT2D eigenvalue weighted by Crippen LogP contribution is -2.10. The number of ether oxygens (including phenoxy) is 1. The summed E-state index contributed by atoms with van der Waals surface area (Å²) in [6.07, 6.45) is 0. The van der Waals surface area contributed by atoms with Gasteiger partial charge in [-0.3, -0.25) is 0 Å². The second kappa shape index (κ2) is 4.32. The Bertz CT molecular complexity index is 366. The van der Waals surface area contributed by atoms with Crippen molar-refractivity contribution in [3.05, 3.63) is 22.2 Å². The third kappa shape index (κ3) is 1.98. The van der Waals surface area contributed by atoms with Crippen LogP contribution in [0.15, 0.2) is 16.6 Å². The molecule has 76 valence electrons. The van der Waals surface area contributed by atoms with Gasteiger partial charge < -0.3 is 16.2 Å². The Morgan fingerprint density at radius 2 is 2.00 bits per heavy atom. The monoisotopic (exact) mass is 258 g/mol. The molecule has 0 saturated carbocycles. The summed E-state index contributed by atoms with van der Waals surface area (Å²) in [7, 11) is 0. The second-order valence-corrected chi connectivity index (χ2v) is 3.45. The van der Waals surface area contributed by atoms with Crippen LogP contribution in [-0.4, -0.2) is 12.6 Å². The standard InChI is InChI=1S/C9H11BrN2O2/c1-2-14-9(13)7-5(11)3-4-6(12)8(7)10/h3-4H,2,11-12H2,1H3. The Kier molecular flexibility index (Phi) is 3.35. The maximum Gasteiger partial charge on any atom is 0.341 e. The highest BCUT2D eigenvalue weighted by molar-refractivity contribution is 9.10. The quantitative estimate of drug-likeness (QED) is 0.627. The van der Waals surface area contributed by atoms with Gasteiger partial charge in [0.2, 0.25) is 0 Å². The number of halogens is 1. The third-order valence-corrected chi connectivity index (χ3v) is 2.54. The smallest absolute Gasteiger partial charge is 0.341 e. The minimum Gasteiger partial charge on any atom is -0.462 e. The van der Waals surface area contributed by atoms with E-state index in [1.54, 1.807) is 19.1 Å². The Balaban J connectivity index is 3.18. The predicted octanol–water partition coefficient (Wildman–Crippen LogP) is 1.79. The largest absolute Gasteiger partial charge is 0.462 e. The highest BCUT2D eigenvalue weighted by Gasteiger charge is 2.16. The van der Waals surface area contributed by atoms with Crippen molar-refractivity contribution >= 4 is 33.3 Å². The fourth-order valence-corrected chi connectivity index (χ4v) is 1.54. The number of benzene rings is 1. The molecule has 14 heavy (non-hydrogen) atoms. The van der Waals surface area contributed by atoms with Crippen LogP contribution in [0.2, 0.25) is 0 Å². The summed E-state index contributed by atoms with van der Waals surface area (Å²) < 4.78 is 5.32. The van der Waals surface area contributed by atoms with Crippen LogP contribution in [0.25, 0.3) is 0 Å². The van der Waals surface area contributed by atoms with Crippen LogP contribution >= 0.6 is 15.9 Å². The molecule has 0 bridgehead atoms. The van der Waals surface area contributed by atoms with Gasteiger partial charge in [-0.15, -0.1) is 0 Å². The molecule has 0 amide bonds. The van der Waals surface area contributed by atoms with Gasteiger partial charge in [-0.25, -0.2) is 4.79 Å². The van der Waals surface area contributed by atoms with Crippen molar-refractivity contribution in [2.45, 2.75) is 6.92 Å². The number of anilines is 2. The van der Waals surface area contributed by atoms with Gasteiger partial charge in [0.25, 0.3) is 0 Å². The minimum absolute atomic E-state index is 0.284. The molecule has 0 aliphatic rings. The zero-order valence-corrected chi connectivity index (χ0v) is 9.30. The number of nitrogen functional groups attached to an aromatic ring is 2. The summed E-state index contributed by atoms with van der Waals surface area (Å²) in [4.78, 5) is 11.5.